The van der Waals surface area contributed by atoms with Crippen molar-refractivity contribution in [3.8, 4) is 5.75 Å². The van der Waals surface area contributed by atoms with E-state index in [-0.39, 0.29) is 0 Å². The van der Waals surface area contributed by atoms with Crippen LogP contribution in [0.3, 0.4) is 0 Å². The summed E-state index contributed by atoms with van der Waals surface area (Å²) in [5, 5.41) is 0. The zero-order valence-electron chi connectivity index (χ0n) is 12.5. The van der Waals surface area contributed by atoms with Crippen molar-refractivity contribution >= 4 is 5.69 Å². The molecule has 4 nitrogen and oxygen atoms in total. The van der Waals surface area contributed by atoms with Gasteiger partial charge in [-0.1, -0.05) is 6.92 Å². The van der Waals surface area contributed by atoms with E-state index in [1.807, 2.05) is 18.2 Å². The Morgan fingerprint density at radius 2 is 2.05 bits per heavy atom. The standard InChI is InChI=1S/C15H26N2O2/c1-5-12(2)17(8-9-18-3)11-13-10-14(19-4)6-7-15(13)16/h6-7,10,12H,5,8-9,11,16H2,1-4H3. The van der Waals surface area contributed by atoms with E-state index in [1.54, 1.807) is 14.2 Å². The average Bonchev–Trinajstić information content (AvgIpc) is 2.44. The van der Waals surface area contributed by atoms with Gasteiger partial charge in [-0.15, -0.1) is 0 Å². The molecule has 0 fully saturated rings. The van der Waals surface area contributed by atoms with Crippen molar-refractivity contribution in [2.45, 2.75) is 32.9 Å². The van der Waals surface area contributed by atoms with Gasteiger partial charge < -0.3 is 15.2 Å². The topological polar surface area (TPSA) is 47.7 Å². The highest BCUT2D eigenvalue weighted by atomic mass is 16.5. The van der Waals surface area contributed by atoms with E-state index in [0.717, 1.165) is 43.1 Å². The van der Waals surface area contributed by atoms with E-state index < -0.39 is 0 Å². The van der Waals surface area contributed by atoms with Crippen LogP contribution in [0.2, 0.25) is 0 Å². The minimum atomic E-state index is 0.501. The molecule has 0 saturated carbocycles. The van der Waals surface area contributed by atoms with Crippen LogP contribution in [0, 0.1) is 0 Å². The summed E-state index contributed by atoms with van der Waals surface area (Å²) in [4.78, 5) is 2.38. The molecule has 0 aromatic heterocycles. The highest BCUT2D eigenvalue weighted by molar-refractivity contribution is 5.50. The molecule has 1 aromatic rings. The van der Waals surface area contributed by atoms with E-state index >= 15 is 0 Å². The Morgan fingerprint density at radius 1 is 1.32 bits per heavy atom. The maximum Gasteiger partial charge on any atom is 0.119 e. The van der Waals surface area contributed by atoms with Crippen LogP contribution in [0.25, 0.3) is 0 Å². The third-order valence-electron chi connectivity index (χ3n) is 3.52. The first-order chi connectivity index (χ1) is 9.12. The van der Waals surface area contributed by atoms with Crippen molar-refractivity contribution in [2.24, 2.45) is 0 Å². The summed E-state index contributed by atoms with van der Waals surface area (Å²) >= 11 is 0. The fourth-order valence-corrected chi connectivity index (χ4v) is 1.99. The number of rotatable bonds is 8. The first kappa shape index (κ1) is 15.8. The highest BCUT2D eigenvalue weighted by Gasteiger charge is 2.14. The lowest BCUT2D eigenvalue weighted by Gasteiger charge is -2.28. The average molecular weight is 266 g/mol. The number of nitrogens with zero attached hydrogens (tertiary/aromatic N) is 1. The molecule has 1 aromatic carbocycles. The van der Waals surface area contributed by atoms with Crippen LogP contribution in [0.4, 0.5) is 5.69 Å². The van der Waals surface area contributed by atoms with Gasteiger partial charge in [0.25, 0.3) is 0 Å². The number of hydrogen-bond donors (Lipinski definition) is 1. The Labute approximate surface area is 116 Å². The molecule has 0 heterocycles. The lowest BCUT2D eigenvalue weighted by atomic mass is 10.1. The molecule has 0 saturated heterocycles. The van der Waals surface area contributed by atoms with Crippen molar-refractivity contribution < 1.29 is 9.47 Å². The molecule has 0 aliphatic carbocycles. The van der Waals surface area contributed by atoms with Crippen molar-refractivity contribution in [1.29, 1.82) is 0 Å². The fraction of sp³-hybridized carbons (Fsp3) is 0.600. The summed E-state index contributed by atoms with van der Waals surface area (Å²) < 4.78 is 10.4. The van der Waals surface area contributed by atoms with Gasteiger partial charge in [-0.3, -0.25) is 4.90 Å². The molecule has 0 radical (unpaired) electrons. The van der Waals surface area contributed by atoms with E-state index in [0.29, 0.717) is 6.04 Å². The Bertz CT molecular complexity index is 382. The molecule has 0 amide bonds. The number of nitrogen functional groups attached to an aromatic ring is 1. The van der Waals surface area contributed by atoms with Crippen LogP contribution in [0.15, 0.2) is 18.2 Å². The monoisotopic (exact) mass is 266 g/mol. The number of benzene rings is 1. The van der Waals surface area contributed by atoms with Crippen LogP contribution in [0.1, 0.15) is 25.8 Å². The van der Waals surface area contributed by atoms with E-state index in [4.69, 9.17) is 15.2 Å². The Morgan fingerprint density at radius 3 is 2.63 bits per heavy atom. The third kappa shape index (κ3) is 4.73. The van der Waals surface area contributed by atoms with Crippen LogP contribution in [0.5, 0.6) is 5.75 Å². The molecule has 1 rings (SSSR count). The Balaban J connectivity index is 2.82. The number of hydrogen-bond acceptors (Lipinski definition) is 4. The van der Waals surface area contributed by atoms with Gasteiger partial charge in [0, 0.05) is 31.9 Å². The van der Waals surface area contributed by atoms with Crippen molar-refractivity contribution in [3.05, 3.63) is 23.8 Å². The maximum atomic E-state index is 6.05. The molecule has 1 unspecified atom stereocenters. The maximum absolute atomic E-state index is 6.05. The minimum absolute atomic E-state index is 0.501. The molecule has 2 N–H and O–H groups in total. The Hall–Kier alpha value is -1.26. The van der Waals surface area contributed by atoms with Crippen LogP contribution >= 0.6 is 0 Å². The number of methoxy groups -OCH3 is 2. The summed E-state index contributed by atoms with van der Waals surface area (Å²) in [6.45, 7) is 6.88. The molecule has 0 bridgehead atoms. The second-order valence-corrected chi connectivity index (χ2v) is 4.79. The number of nitrogens with two attached hydrogens (primary N) is 1. The molecule has 1 atom stereocenters. The Kier molecular flexibility index (Phi) is 6.67. The van der Waals surface area contributed by atoms with Crippen LogP contribution in [-0.2, 0) is 11.3 Å². The third-order valence-corrected chi connectivity index (χ3v) is 3.52. The normalized spacial score (nSPS) is 12.7. The van der Waals surface area contributed by atoms with Gasteiger partial charge in [0.2, 0.25) is 0 Å². The molecule has 19 heavy (non-hydrogen) atoms. The zero-order chi connectivity index (χ0) is 14.3. The zero-order valence-corrected chi connectivity index (χ0v) is 12.5. The van der Waals surface area contributed by atoms with Gasteiger partial charge >= 0.3 is 0 Å². The summed E-state index contributed by atoms with van der Waals surface area (Å²) in [5.41, 5.74) is 7.97. The van der Waals surface area contributed by atoms with Crippen LogP contribution < -0.4 is 10.5 Å². The lowest BCUT2D eigenvalue weighted by Crippen LogP contribution is -2.35. The molecule has 108 valence electrons. The van der Waals surface area contributed by atoms with E-state index in [2.05, 4.69) is 18.7 Å². The fourth-order valence-electron chi connectivity index (χ4n) is 1.99. The highest BCUT2D eigenvalue weighted by Crippen LogP contribution is 2.22. The molecule has 0 spiro atoms. The largest absolute Gasteiger partial charge is 0.497 e. The van der Waals surface area contributed by atoms with E-state index in [9.17, 15) is 0 Å². The molecule has 0 aliphatic heterocycles. The van der Waals surface area contributed by atoms with Crippen LogP contribution in [-0.4, -0.2) is 38.3 Å². The summed E-state index contributed by atoms with van der Waals surface area (Å²) in [6.07, 6.45) is 1.10. The summed E-state index contributed by atoms with van der Waals surface area (Å²) in [5.74, 6) is 0.847. The smallest absolute Gasteiger partial charge is 0.119 e. The van der Waals surface area contributed by atoms with E-state index in [1.165, 1.54) is 0 Å². The second-order valence-electron chi connectivity index (χ2n) is 4.79. The van der Waals surface area contributed by atoms with Gasteiger partial charge in [0.05, 0.1) is 13.7 Å². The van der Waals surface area contributed by atoms with Gasteiger partial charge in [0.1, 0.15) is 5.75 Å². The predicted molar refractivity (Wildman–Crippen MR) is 79.4 cm³/mol. The molecule has 0 aliphatic rings. The van der Waals surface area contributed by atoms with Crippen molar-refractivity contribution in [3.63, 3.8) is 0 Å². The number of ether oxygens (including phenoxy) is 2. The molecular weight excluding hydrogens is 240 g/mol. The lowest BCUT2D eigenvalue weighted by molar-refractivity contribution is 0.118. The molecule has 4 heteroatoms. The van der Waals surface area contributed by atoms with Crippen molar-refractivity contribution in [1.82, 2.24) is 4.90 Å². The van der Waals surface area contributed by atoms with Gasteiger partial charge in [-0.25, -0.2) is 0 Å². The van der Waals surface area contributed by atoms with Crippen molar-refractivity contribution in [2.75, 3.05) is 33.1 Å². The number of anilines is 1. The minimum Gasteiger partial charge on any atom is -0.497 e. The van der Waals surface area contributed by atoms with Gasteiger partial charge in [0.15, 0.2) is 0 Å². The first-order valence-corrected chi connectivity index (χ1v) is 6.77. The van der Waals surface area contributed by atoms with Gasteiger partial charge in [-0.2, -0.15) is 0 Å². The summed E-state index contributed by atoms with van der Waals surface area (Å²) in [6, 6.07) is 6.30. The quantitative estimate of drug-likeness (QED) is 0.735. The second kappa shape index (κ2) is 8.02. The SMILES string of the molecule is CCC(C)N(CCOC)Cc1cc(OC)ccc1N. The van der Waals surface area contributed by atoms with Gasteiger partial charge in [-0.05, 0) is 37.1 Å². The molecular formula is C15H26N2O2. The predicted octanol–water partition coefficient (Wildman–Crippen LogP) is 2.52. The first-order valence-electron chi connectivity index (χ1n) is 6.77. The summed E-state index contributed by atoms with van der Waals surface area (Å²) in [7, 11) is 3.40.